The van der Waals surface area contributed by atoms with Crippen molar-refractivity contribution in [2.75, 3.05) is 18.6 Å². The van der Waals surface area contributed by atoms with Crippen LogP contribution in [0.3, 0.4) is 0 Å². The fourth-order valence-electron chi connectivity index (χ4n) is 2.11. The van der Waals surface area contributed by atoms with Crippen LogP contribution in [0.25, 0.3) is 0 Å². The molecule has 136 valence electrons. The molecule has 2 aromatic rings. The maximum absolute atomic E-state index is 11.0. The van der Waals surface area contributed by atoms with Gasteiger partial charge in [-0.1, -0.05) is 30.3 Å². The molecule has 0 aromatic heterocycles. The van der Waals surface area contributed by atoms with Crippen LogP contribution in [0, 0.1) is 0 Å². The molecule has 0 amide bonds. The molecule has 0 aliphatic rings. The van der Waals surface area contributed by atoms with Gasteiger partial charge in [0.2, 0.25) is 0 Å². The number of hydrogen-bond acceptors (Lipinski definition) is 5. The van der Waals surface area contributed by atoms with E-state index in [2.05, 4.69) is 17.1 Å². The lowest BCUT2D eigenvalue weighted by Gasteiger charge is -2.13. The van der Waals surface area contributed by atoms with E-state index in [4.69, 9.17) is 26.2 Å². The highest BCUT2D eigenvalue weighted by Crippen LogP contribution is 2.36. The zero-order valence-electron chi connectivity index (χ0n) is 14.2. The summed E-state index contributed by atoms with van der Waals surface area (Å²) in [5, 5.41) is 13.5. The number of hydrogen-bond donors (Lipinski definition) is 2. The van der Waals surface area contributed by atoms with Gasteiger partial charge in [0, 0.05) is 0 Å². The van der Waals surface area contributed by atoms with E-state index in [-0.39, 0.29) is 5.56 Å². The number of benzene rings is 2. The molecule has 7 heteroatoms. The molecule has 2 rings (SSSR count). The molecule has 0 heterocycles. The maximum atomic E-state index is 11.0. The Morgan fingerprint density at radius 2 is 2.15 bits per heavy atom. The fraction of sp³-hybridized carbons (Fsp3) is 0.158. The highest BCUT2D eigenvalue weighted by atomic mass is 35.5. The van der Waals surface area contributed by atoms with Gasteiger partial charge in [-0.15, -0.1) is 0 Å². The molecule has 0 fully saturated rings. The third-order valence-electron chi connectivity index (χ3n) is 3.19. The van der Waals surface area contributed by atoms with Gasteiger partial charge >= 0.3 is 5.97 Å². The number of aromatic carboxylic acids is 1. The van der Waals surface area contributed by atoms with Gasteiger partial charge in [-0.05, 0) is 42.8 Å². The van der Waals surface area contributed by atoms with Crippen LogP contribution in [-0.2, 0) is 0 Å². The standard InChI is InChI=1S/C19H19ClN2O4/c1-3-8-26-18-16(20)9-13(10-17(18)25-4-2)12-21-22-15-7-5-6-14(11-15)19(23)24/h3,5-7,9-12,22H,1,4,8H2,2H3,(H,23,24)/b21-12+. The number of ether oxygens (including phenoxy) is 2. The first-order valence-electron chi connectivity index (χ1n) is 7.87. The molecule has 6 nitrogen and oxygen atoms in total. The second-order valence-corrected chi connectivity index (χ2v) is 5.53. The Hall–Kier alpha value is -2.99. The first kappa shape index (κ1) is 19.3. The van der Waals surface area contributed by atoms with Crippen molar-refractivity contribution in [3.8, 4) is 11.5 Å². The van der Waals surface area contributed by atoms with E-state index in [9.17, 15) is 4.79 Å². The second-order valence-electron chi connectivity index (χ2n) is 5.12. The fourth-order valence-corrected chi connectivity index (χ4v) is 2.38. The number of carbonyl (C=O) groups is 1. The van der Waals surface area contributed by atoms with Crippen molar-refractivity contribution in [1.82, 2.24) is 0 Å². The molecule has 2 aromatic carbocycles. The summed E-state index contributed by atoms with van der Waals surface area (Å²) >= 11 is 6.27. The SMILES string of the molecule is C=CCOc1c(Cl)cc(/C=N/Nc2cccc(C(=O)O)c2)cc1OCC. The Kier molecular flexibility index (Phi) is 7.05. The van der Waals surface area contributed by atoms with Gasteiger partial charge in [0.15, 0.2) is 11.5 Å². The third-order valence-corrected chi connectivity index (χ3v) is 3.47. The number of halogens is 1. The molecular weight excluding hydrogens is 356 g/mol. The number of carboxylic acids is 1. The van der Waals surface area contributed by atoms with E-state index < -0.39 is 5.97 Å². The Bertz CT molecular complexity index is 821. The molecule has 0 spiro atoms. The quantitative estimate of drug-likeness (QED) is 0.385. The van der Waals surface area contributed by atoms with E-state index in [1.807, 2.05) is 6.92 Å². The van der Waals surface area contributed by atoms with Gasteiger partial charge in [0.25, 0.3) is 0 Å². The molecule has 0 atom stereocenters. The first-order valence-corrected chi connectivity index (χ1v) is 8.25. The normalized spacial score (nSPS) is 10.5. The highest BCUT2D eigenvalue weighted by Gasteiger charge is 2.11. The first-order chi connectivity index (χ1) is 12.5. The molecule has 26 heavy (non-hydrogen) atoms. The minimum absolute atomic E-state index is 0.176. The smallest absolute Gasteiger partial charge is 0.335 e. The van der Waals surface area contributed by atoms with Gasteiger partial charge in [-0.2, -0.15) is 5.10 Å². The van der Waals surface area contributed by atoms with Crippen molar-refractivity contribution in [3.05, 3.63) is 65.2 Å². The average molecular weight is 375 g/mol. The number of rotatable bonds is 9. The van der Waals surface area contributed by atoms with Crippen LogP contribution in [-0.4, -0.2) is 30.5 Å². The summed E-state index contributed by atoms with van der Waals surface area (Å²) in [6.07, 6.45) is 3.18. The number of anilines is 1. The summed E-state index contributed by atoms with van der Waals surface area (Å²) in [6.45, 7) is 6.25. The lowest BCUT2D eigenvalue weighted by atomic mass is 10.2. The summed E-state index contributed by atoms with van der Waals surface area (Å²) < 4.78 is 11.1. The molecule has 0 radical (unpaired) electrons. The monoisotopic (exact) mass is 374 g/mol. The van der Waals surface area contributed by atoms with E-state index in [0.29, 0.717) is 41.0 Å². The Morgan fingerprint density at radius 3 is 2.85 bits per heavy atom. The summed E-state index contributed by atoms with van der Waals surface area (Å²) in [5.41, 5.74) is 4.22. The third kappa shape index (κ3) is 5.26. The van der Waals surface area contributed by atoms with Crippen LogP contribution < -0.4 is 14.9 Å². The van der Waals surface area contributed by atoms with E-state index in [0.717, 1.165) is 0 Å². The van der Waals surface area contributed by atoms with Gasteiger partial charge in [0.1, 0.15) is 6.61 Å². The summed E-state index contributed by atoms with van der Waals surface area (Å²) in [7, 11) is 0. The van der Waals surface area contributed by atoms with Crippen molar-refractivity contribution in [2.24, 2.45) is 5.10 Å². The van der Waals surface area contributed by atoms with Gasteiger partial charge in [0.05, 0.1) is 29.1 Å². The molecule has 0 aliphatic carbocycles. The topological polar surface area (TPSA) is 80.2 Å². The molecule has 0 aliphatic heterocycles. The second kappa shape index (κ2) is 9.48. The summed E-state index contributed by atoms with van der Waals surface area (Å²) in [4.78, 5) is 11.0. The minimum Gasteiger partial charge on any atom is -0.490 e. The van der Waals surface area contributed by atoms with Crippen molar-refractivity contribution in [3.63, 3.8) is 0 Å². The minimum atomic E-state index is -0.999. The highest BCUT2D eigenvalue weighted by molar-refractivity contribution is 6.32. The van der Waals surface area contributed by atoms with Crippen molar-refractivity contribution >= 4 is 29.5 Å². The molecule has 2 N–H and O–H groups in total. The van der Waals surface area contributed by atoms with Crippen LogP contribution >= 0.6 is 11.6 Å². The molecule has 0 saturated carbocycles. The van der Waals surface area contributed by atoms with Crippen molar-refractivity contribution in [1.29, 1.82) is 0 Å². The zero-order valence-corrected chi connectivity index (χ0v) is 15.0. The van der Waals surface area contributed by atoms with E-state index >= 15 is 0 Å². The van der Waals surface area contributed by atoms with Crippen molar-refractivity contribution < 1.29 is 19.4 Å². The van der Waals surface area contributed by atoms with Crippen molar-refractivity contribution in [2.45, 2.75) is 6.92 Å². The van der Waals surface area contributed by atoms with E-state index in [1.54, 1.807) is 36.6 Å². The zero-order chi connectivity index (χ0) is 18.9. The summed E-state index contributed by atoms with van der Waals surface area (Å²) in [6, 6.07) is 9.80. The summed E-state index contributed by atoms with van der Waals surface area (Å²) in [5.74, 6) is -0.0373. The maximum Gasteiger partial charge on any atom is 0.335 e. The van der Waals surface area contributed by atoms with Crippen LogP contribution in [0.5, 0.6) is 11.5 Å². The van der Waals surface area contributed by atoms with Crippen LogP contribution in [0.4, 0.5) is 5.69 Å². The number of hydrazone groups is 1. The van der Waals surface area contributed by atoms with E-state index in [1.165, 1.54) is 12.1 Å². The van der Waals surface area contributed by atoms with Gasteiger partial charge in [-0.25, -0.2) is 4.79 Å². The van der Waals surface area contributed by atoms with Crippen LogP contribution in [0.2, 0.25) is 5.02 Å². The number of nitrogens with one attached hydrogen (secondary N) is 1. The molecule has 0 saturated heterocycles. The Balaban J connectivity index is 2.17. The lowest BCUT2D eigenvalue weighted by Crippen LogP contribution is -2.01. The Labute approximate surface area is 156 Å². The van der Waals surface area contributed by atoms with Crippen LogP contribution in [0.15, 0.2) is 54.2 Å². The average Bonchev–Trinajstić information content (AvgIpc) is 2.61. The number of carboxylic acid groups (broad SMARTS) is 1. The Morgan fingerprint density at radius 1 is 1.35 bits per heavy atom. The van der Waals surface area contributed by atoms with Gasteiger partial charge < -0.3 is 14.6 Å². The molecule has 0 bridgehead atoms. The van der Waals surface area contributed by atoms with Gasteiger partial charge in [-0.3, -0.25) is 5.43 Å². The predicted molar refractivity (Wildman–Crippen MR) is 103 cm³/mol. The lowest BCUT2D eigenvalue weighted by molar-refractivity contribution is 0.0697. The van der Waals surface area contributed by atoms with Crippen LogP contribution in [0.1, 0.15) is 22.8 Å². The number of nitrogens with zero attached hydrogens (tertiary/aromatic N) is 1. The molecular formula is C19H19ClN2O4. The predicted octanol–water partition coefficient (Wildman–Crippen LogP) is 4.45. The largest absolute Gasteiger partial charge is 0.490 e. The molecule has 0 unspecified atom stereocenters.